The van der Waals surface area contributed by atoms with Gasteiger partial charge in [0.25, 0.3) is 0 Å². The van der Waals surface area contributed by atoms with Gasteiger partial charge in [-0.15, -0.1) is 0 Å². The van der Waals surface area contributed by atoms with Crippen molar-refractivity contribution in [3.63, 3.8) is 0 Å². The highest BCUT2D eigenvalue weighted by atomic mass is 35.5. The lowest BCUT2D eigenvalue weighted by Gasteiger charge is -2.27. The van der Waals surface area contributed by atoms with Gasteiger partial charge in [-0.25, -0.2) is 4.98 Å². The van der Waals surface area contributed by atoms with Gasteiger partial charge in [-0.05, 0) is 6.42 Å². The minimum absolute atomic E-state index is 0.154. The van der Waals surface area contributed by atoms with Gasteiger partial charge in [0.15, 0.2) is 0 Å². The number of pyridine rings is 1. The molecule has 5 heteroatoms. The third-order valence-corrected chi connectivity index (χ3v) is 3.24. The molecule has 2 saturated heterocycles. The molecule has 3 heterocycles. The number of ether oxygens (including phenoxy) is 3. The topological polar surface area (TPSA) is 40.6 Å². The zero-order valence-electron chi connectivity index (χ0n) is 9.39. The van der Waals surface area contributed by atoms with Crippen LogP contribution in [0.2, 0.25) is 5.15 Å². The van der Waals surface area contributed by atoms with E-state index >= 15 is 0 Å². The van der Waals surface area contributed by atoms with Gasteiger partial charge < -0.3 is 14.2 Å². The van der Waals surface area contributed by atoms with Crippen molar-refractivity contribution in [2.24, 2.45) is 0 Å². The van der Waals surface area contributed by atoms with Crippen LogP contribution in [0.3, 0.4) is 0 Å². The predicted octanol–water partition coefficient (Wildman–Crippen LogP) is 2.02. The summed E-state index contributed by atoms with van der Waals surface area (Å²) in [6.07, 6.45) is 1.15. The summed E-state index contributed by atoms with van der Waals surface area (Å²) in [5, 5.41) is 0.477. The fourth-order valence-corrected chi connectivity index (χ4v) is 2.22. The van der Waals surface area contributed by atoms with Crippen molar-refractivity contribution in [1.29, 1.82) is 0 Å². The Labute approximate surface area is 105 Å². The number of rotatable bonds is 3. The van der Waals surface area contributed by atoms with Gasteiger partial charge in [0.05, 0.1) is 25.5 Å². The maximum absolute atomic E-state index is 6.01. The van der Waals surface area contributed by atoms with Crippen LogP contribution in [0, 0.1) is 0 Å². The maximum atomic E-state index is 6.01. The molecule has 4 nitrogen and oxygen atoms in total. The molecule has 0 saturated carbocycles. The van der Waals surface area contributed by atoms with Crippen LogP contribution in [0.25, 0.3) is 0 Å². The van der Waals surface area contributed by atoms with Crippen LogP contribution in [0.5, 0.6) is 5.75 Å². The average molecular weight is 256 g/mol. The Hall–Kier alpha value is -0.840. The Bertz CT molecular complexity index is 403. The SMILES string of the molecule is Clc1cc(OC2COC2)cc(C2CCOC2)n1. The number of hydrogen-bond donors (Lipinski definition) is 0. The van der Waals surface area contributed by atoms with Gasteiger partial charge in [-0.1, -0.05) is 11.6 Å². The highest BCUT2D eigenvalue weighted by molar-refractivity contribution is 6.29. The number of hydrogen-bond acceptors (Lipinski definition) is 4. The van der Waals surface area contributed by atoms with Crippen molar-refractivity contribution in [3.05, 3.63) is 23.0 Å². The van der Waals surface area contributed by atoms with E-state index in [1.54, 1.807) is 6.07 Å². The summed E-state index contributed by atoms with van der Waals surface area (Å²) in [7, 11) is 0. The Morgan fingerprint density at radius 1 is 1.24 bits per heavy atom. The molecule has 0 spiro atoms. The van der Waals surface area contributed by atoms with Crippen molar-refractivity contribution in [1.82, 2.24) is 4.98 Å². The highest BCUT2D eigenvalue weighted by Crippen LogP contribution is 2.29. The molecule has 0 radical (unpaired) electrons. The first kappa shape index (κ1) is 11.3. The molecule has 0 aliphatic carbocycles. The van der Waals surface area contributed by atoms with E-state index < -0.39 is 0 Å². The minimum Gasteiger partial charge on any atom is -0.485 e. The molecule has 1 unspecified atom stereocenters. The summed E-state index contributed by atoms with van der Waals surface area (Å²) in [5.41, 5.74) is 0.963. The number of aromatic nitrogens is 1. The van der Waals surface area contributed by atoms with Gasteiger partial charge in [-0.3, -0.25) is 0 Å². The standard InChI is InChI=1S/C12H14ClNO3/c13-12-4-9(17-10-6-16-7-10)3-11(14-12)8-1-2-15-5-8/h3-4,8,10H,1-2,5-7H2. The third kappa shape index (κ3) is 2.54. The van der Waals surface area contributed by atoms with Crippen molar-refractivity contribution < 1.29 is 14.2 Å². The first-order chi connectivity index (χ1) is 8.31. The van der Waals surface area contributed by atoms with Gasteiger partial charge in [-0.2, -0.15) is 0 Å². The van der Waals surface area contributed by atoms with E-state index in [4.69, 9.17) is 25.8 Å². The molecule has 0 aromatic carbocycles. The lowest BCUT2D eigenvalue weighted by Crippen LogP contribution is -2.38. The lowest BCUT2D eigenvalue weighted by atomic mass is 10.0. The molecule has 2 aliphatic rings. The van der Waals surface area contributed by atoms with Crippen molar-refractivity contribution in [2.75, 3.05) is 26.4 Å². The molecule has 1 atom stereocenters. The van der Waals surface area contributed by atoms with E-state index in [1.165, 1.54) is 0 Å². The fourth-order valence-electron chi connectivity index (χ4n) is 2.01. The van der Waals surface area contributed by atoms with Crippen LogP contribution >= 0.6 is 11.6 Å². The van der Waals surface area contributed by atoms with Gasteiger partial charge in [0, 0.05) is 24.7 Å². The quantitative estimate of drug-likeness (QED) is 0.775. The van der Waals surface area contributed by atoms with Crippen LogP contribution in [-0.2, 0) is 9.47 Å². The van der Waals surface area contributed by atoms with Crippen molar-refractivity contribution >= 4 is 11.6 Å². The molecule has 3 rings (SSSR count). The lowest BCUT2D eigenvalue weighted by molar-refractivity contribution is -0.0797. The zero-order chi connectivity index (χ0) is 11.7. The minimum atomic E-state index is 0.154. The van der Waals surface area contributed by atoms with Gasteiger partial charge >= 0.3 is 0 Å². The van der Waals surface area contributed by atoms with E-state index in [2.05, 4.69) is 4.98 Å². The Kier molecular flexibility index (Phi) is 3.18. The predicted molar refractivity (Wildman–Crippen MR) is 62.7 cm³/mol. The maximum Gasteiger partial charge on any atom is 0.145 e. The smallest absolute Gasteiger partial charge is 0.145 e. The van der Waals surface area contributed by atoms with Crippen LogP contribution in [0.1, 0.15) is 18.0 Å². The fraction of sp³-hybridized carbons (Fsp3) is 0.583. The zero-order valence-corrected chi connectivity index (χ0v) is 10.2. The third-order valence-electron chi connectivity index (χ3n) is 3.05. The molecule has 0 N–H and O–H groups in total. The molecule has 2 fully saturated rings. The van der Waals surface area contributed by atoms with Gasteiger partial charge in [0.2, 0.25) is 0 Å². The van der Waals surface area contributed by atoms with Crippen molar-refractivity contribution in [3.8, 4) is 5.75 Å². The molecule has 92 valence electrons. The van der Waals surface area contributed by atoms with E-state index in [0.29, 0.717) is 24.3 Å². The summed E-state index contributed by atoms with van der Waals surface area (Å²) in [6.45, 7) is 2.83. The van der Waals surface area contributed by atoms with Crippen molar-refractivity contribution in [2.45, 2.75) is 18.4 Å². The normalized spacial score (nSPS) is 24.6. The van der Waals surface area contributed by atoms with Crippen LogP contribution in [0.4, 0.5) is 0 Å². The average Bonchev–Trinajstić information content (AvgIpc) is 2.76. The van der Waals surface area contributed by atoms with E-state index in [0.717, 1.165) is 31.1 Å². The molecule has 1 aromatic rings. The second-order valence-corrected chi connectivity index (χ2v) is 4.78. The Morgan fingerprint density at radius 3 is 2.76 bits per heavy atom. The largest absolute Gasteiger partial charge is 0.485 e. The second-order valence-electron chi connectivity index (χ2n) is 4.39. The Balaban J connectivity index is 1.78. The molecule has 2 aliphatic heterocycles. The van der Waals surface area contributed by atoms with E-state index in [1.807, 2.05) is 6.07 Å². The molecular formula is C12H14ClNO3. The summed E-state index contributed by atoms with van der Waals surface area (Å²) in [4.78, 5) is 4.34. The van der Waals surface area contributed by atoms with E-state index in [-0.39, 0.29) is 6.10 Å². The molecule has 1 aromatic heterocycles. The monoisotopic (exact) mass is 255 g/mol. The number of halogens is 1. The first-order valence-corrected chi connectivity index (χ1v) is 6.19. The summed E-state index contributed by atoms with van der Waals surface area (Å²) in [6, 6.07) is 3.71. The first-order valence-electron chi connectivity index (χ1n) is 5.81. The van der Waals surface area contributed by atoms with E-state index in [9.17, 15) is 0 Å². The summed E-state index contributed by atoms with van der Waals surface area (Å²) in [5.74, 6) is 1.12. The van der Waals surface area contributed by atoms with Crippen LogP contribution in [0.15, 0.2) is 12.1 Å². The van der Waals surface area contributed by atoms with Gasteiger partial charge in [0.1, 0.15) is 17.0 Å². The molecule has 0 bridgehead atoms. The number of nitrogens with zero attached hydrogens (tertiary/aromatic N) is 1. The molecule has 0 amide bonds. The molecular weight excluding hydrogens is 242 g/mol. The summed E-state index contributed by atoms with van der Waals surface area (Å²) < 4.78 is 16.2. The van der Waals surface area contributed by atoms with Crippen LogP contribution in [-0.4, -0.2) is 37.5 Å². The summed E-state index contributed by atoms with van der Waals surface area (Å²) >= 11 is 6.01. The molecule has 17 heavy (non-hydrogen) atoms. The van der Waals surface area contributed by atoms with Crippen LogP contribution < -0.4 is 4.74 Å². The highest BCUT2D eigenvalue weighted by Gasteiger charge is 2.23. The second kappa shape index (κ2) is 4.80. The Morgan fingerprint density at radius 2 is 2.12 bits per heavy atom.